The SMILES string of the molecule is O=C(CCC1(c2cccc([SH](c3ccccc3)c3ccccc3)c2)CC2CCCC(C2)C1)OCC(F)(F)S(=O)(=O)O. The van der Waals surface area contributed by atoms with Gasteiger partial charge in [-0.2, -0.15) is 28.1 Å². The van der Waals surface area contributed by atoms with Gasteiger partial charge in [0.05, 0.1) is 0 Å². The van der Waals surface area contributed by atoms with Gasteiger partial charge in [0.2, 0.25) is 0 Å². The molecule has 220 valence electrons. The number of hydrogen-bond acceptors (Lipinski definition) is 4. The second-order valence-corrected chi connectivity index (χ2v) is 15.2. The molecule has 5 rings (SSSR count). The summed E-state index contributed by atoms with van der Waals surface area (Å²) in [6, 6.07) is 29.5. The van der Waals surface area contributed by atoms with Crippen molar-refractivity contribution < 1.29 is 31.3 Å². The maximum Gasteiger partial charge on any atom is 0.402 e. The number of carbonyl (C=O) groups excluding carboxylic acids is 1. The Balaban J connectivity index is 1.45. The predicted molar refractivity (Wildman–Crippen MR) is 156 cm³/mol. The van der Waals surface area contributed by atoms with E-state index in [1.807, 2.05) is 12.1 Å². The summed E-state index contributed by atoms with van der Waals surface area (Å²) in [6.45, 7) is -1.70. The highest BCUT2D eigenvalue weighted by atomic mass is 32.2. The molecule has 0 aliphatic heterocycles. The van der Waals surface area contributed by atoms with Crippen LogP contribution in [0.25, 0.3) is 0 Å². The van der Waals surface area contributed by atoms with Crippen LogP contribution in [0.1, 0.15) is 56.9 Å². The van der Waals surface area contributed by atoms with Crippen LogP contribution in [0.15, 0.2) is 99.6 Å². The van der Waals surface area contributed by atoms with Gasteiger partial charge in [0.1, 0.15) is 0 Å². The van der Waals surface area contributed by atoms with Gasteiger partial charge >= 0.3 is 21.3 Å². The molecule has 41 heavy (non-hydrogen) atoms. The van der Waals surface area contributed by atoms with Gasteiger partial charge in [-0.1, -0.05) is 67.8 Å². The van der Waals surface area contributed by atoms with Gasteiger partial charge in [0.15, 0.2) is 6.61 Å². The van der Waals surface area contributed by atoms with Gasteiger partial charge in [-0.25, -0.2) is 0 Å². The Morgan fingerprint density at radius 2 is 1.46 bits per heavy atom. The molecule has 0 radical (unpaired) electrons. The van der Waals surface area contributed by atoms with Crippen LogP contribution in [0.2, 0.25) is 0 Å². The summed E-state index contributed by atoms with van der Waals surface area (Å²) in [6.07, 6.45) is 6.80. The number of esters is 1. The number of carbonyl (C=O) groups is 1. The summed E-state index contributed by atoms with van der Waals surface area (Å²) in [5, 5.41) is -4.54. The van der Waals surface area contributed by atoms with Crippen molar-refractivity contribution in [3.05, 3.63) is 90.5 Å². The second kappa shape index (κ2) is 12.2. The maximum atomic E-state index is 13.7. The first-order valence-electron chi connectivity index (χ1n) is 14.1. The number of halogens is 2. The molecule has 0 aromatic heterocycles. The molecule has 3 aromatic carbocycles. The van der Waals surface area contributed by atoms with Crippen molar-refractivity contribution in [3.8, 4) is 0 Å². The van der Waals surface area contributed by atoms with E-state index in [4.69, 9.17) is 4.55 Å². The summed E-state index contributed by atoms with van der Waals surface area (Å²) in [5.41, 5.74) is 0.838. The summed E-state index contributed by atoms with van der Waals surface area (Å²) in [5.74, 6) is 0.182. The largest absolute Gasteiger partial charge is 0.458 e. The molecule has 1 N–H and O–H groups in total. The zero-order valence-corrected chi connectivity index (χ0v) is 24.5. The quantitative estimate of drug-likeness (QED) is 0.141. The molecule has 2 bridgehead atoms. The van der Waals surface area contributed by atoms with Crippen LogP contribution in [0, 0.1) is 11.8 Å². The Bertz CT molecular complexity index is 1400. The number of rotatable bonds is 10. The summed E-state index contributed by atoms with van der Waals surface area (Å²) in [7, 11) is -6.49. The lowest BCUT2D eigenvalue weighted by molar-refractivity contribution is -0.150. The fraction of sp³-hybridized carbons (Fsp3) is 0.406. The molecule has 2 atom stereocenters. The zero-order valence-electron chi connectivity index (χ0n) is 22.8. The summed E-state index contributed by atoms with van der Waals surface area (Å²) >= 11 is 0. The molecule has 2 saturated carbocycles. The number of alkyl halides is 2. The molecule has 2 unspecified atom stereocenters. The second-order valence-electron chi connectivity index (χ2n) is 11.4. The Labute approximate surface area is 243 Å². The van der Waals surface area contributed by atoms with E-state index < -0.39 is 38.8 Å². The lowest BCUT2D eigenvalue weighted by Crippen LogP contribution is -2.40. The van der Waals surface area contributed by atoms with E-state index in [1.165, 1.54) is 27.5 Å². The van der Waals surface area contributed by atoms with E-state index in [2.05, 4.69) is 77.5 Å². The Hall–Kier alpha value is -2.75. The topological polar surface area (TPSA) is 80.7 Å². The molecule has 5 nitrogen and oxygen atoms in total. The molecule has 0 saturated heterocycles. The van der Waals surface area contributed by atoms with Crippen molar-refractivity contribution >= 4 is 27.0 Å². The summed E-state index contributed by atoms with van der Waals surface area (Å²) < 4.78 is 62.6. The van der Waals surface area contributed by atoms with Crippen molar-refractivity contribution in [3.63, 3.8) is 0 Å². The molecule has 0 heterocycles. The number of fused-ring (bicyclic) bond motifs is 2. The fourth-order valence-electron chi connectivity index (χ4n) is 6.77. The minimum Gasteiger partial charge on any atom is -0.458 e. The van der Waals surface area contributed by atoms with Crippen molar-refractivity contribution in [2.45, 2.75) is 76.7 Å². The smallest absolute Gasteiger partial charge is 0.402 e. The average Bonchev–Trinajstić information content (AvgIpc) is 2.96. The number of hydrogen-bond donors (Lipinski definition) is 2. The molecule has 2 fully saturated rings. The molecule has 3 aromatic rings. The highest BCUT2D eigenvalue weighted by Crippen LogP contribution is 2.55. The van der Waals surface area contributed by atoms with Gasteiger partial charge in [0, 0.05) is 6.42 Å². The predicted octanol–water partition coefficient (Wildman–Crippen LogP) is 7.81. The number of ether oxygens (including phenoxy) is 1. The van der Waals surface area contributed by atoms with Crippen LogP contribution < -0.4 is 0 Å². The third-order valence-electron chi connectivity index (χ3n) is 8.58. The van der Waals surface area contributed by atoms with Crippen LogP contribution in [-0.2, 0) is 25.1 Å². The van der Waals surface area contributed by atoms with Crippen molar-refractivity contribution in [1.29, 1.82) is 0 Å². The fourth-order valence-corrected chi connectivity index (χ4v) is 9.32. The average molecular weight is 603 g/mol. The first-order valence-corrected chi connectivity index (χ1v) is 16.9. The lowest BCUT2D eigenvalue weighted by atomic mass is 9.57. The van der Waals surface area contributed by atoms with Gasteiger partial charge in [-0.05, 0) is 99.6 Å². The van der Waals surface area contributed by atoms with E-state index in [-0.39, 0.29) is 11.8 Å². The van der Waals surface area contributed by atoms with Crippen molar-refractivity contribution in [2.75, 3.05) is 6.61 Å². The Kier molecular flexibility index (Phi) is 8.87. The molecule has 0 spiro atoms. The van der Waals surface area contributed by atoms with Crippen molar-refractivity contribution in [1.82, 2.24) is 0 Å². The minimum absolute atomic E-state index is 0.114. The molecule has 2 aliphatic carbocycles. The van der Waals surface area contributed by atoms with E-state index >= 15 is 0 Å². The molecular formula is C32H36F2O5S2. The number of benzene rings is 3. The molecule has 0 amide bonds. The van der Waals surface area contributed by atoms with E-state index in [9.17, 15) is 22.0 Å². The third kappa shape index (κ3) is 6.84. The monoisotopic (exact) mass is 602 g/mol. The third-order valence-corrected chi connectivity index (χ3v) is 11.9. The highest BCUT2D eigenvalue weighted by molar-refractivity contribution is 8.17. The van der Waals surface area contributed by atoms with E-state index in [0.717, 1.165) is 31.2 Å². The first-order chi connectivity index (χ1) is 19.6. The molecule has 9 heteroatoms. The maximum absolute atomic E-state index is 13.7. The van der Waals surface area contributed by atoms with Crippen LogP contribution in [0.4, 0.5) is 8.78 Å². The minimum atomic E-state index is -5.67. The zero-order chi connectivity index (χ0) is 29.1. The van der Waals surface area contributed by atoms with Gasteiger partial charge in [0.25, 0.3) is 0 Å². The summed E-state index contributed by atoms with van der Waals surface area (Å²) in [4.78, 5) is 16.3. The van der Waals surface area contributed by atoms with E-state index in [0.29, 0.717) is 18.3 Å². The van der Waals surface area contributed by atoms with Crippen LogP contribution in [0.3, 0.4) is 0 Å². The van der Waals surface area contributed by atoms with Crippen LogP contribution in [-0.4, -0.2) is 30.8 Å². The van der Waals surface area contributed by atoms with Gasteiger partial charge in [-0.15, -0.1) is 0 Å². The normalized spacial score (nSPS) is 23.0. The van der Waals surface area contributed by atoms with Gasteiger partial charge < -0.3 is 4.74 Å². The van der Waals surface area contributed by atoms with Gasteiger partial charge in [-0.3, -0.25) is 9.35 Å². The Morgan fingerprint density at radius 3 is 2.02 bits per heavy atom. The Morgan fingerprint density at radius 1 is 0.902 bits per heavy atom. The highest BCUT2D eigenvalue weighted by Gasteiger charge is 2.46. The van der Waals surface area contributed by atoms with E-state index in [1.54, 1.807) is 0 Å². The standard InChI is InChI=1S/C32H36F2O5S2/c33-32(34,41(36,37)38)23-39-30(35)17-18-31(21-24-9-7-10-25(19-24)22-31)26-11-8-16-29(20-26)40(27-12-3-1-4-13-27)28-14-5-2-6-15-28/h1-6,8,11-16,20,24-25,40H,7,9-10,17-19,21-23H2,(H,36,37,38). The lowest BCUT2D eigenvalue weighted by Gasteiger charge is -2.48. The van der Waals surface area contributed by atoms with Crippen molar-refractivity contribution in [2.24, 2.45) is 11.8 Å². The van der Waals surface area contributed by atoms with Crippen LogP contribution >= 0.6 is 10.9 Å². The van der Waals surface area contributed by atoms with Crippen LogP contribution in [0.5, 0.6) is 0 Å². The first kappa shape index (κ1) is 29.7. The number of thiol groups is 1. The molecule has 2 aliphatic rings. The molecular weight excluding hydrogens is 566 g/mol.